The van der Waals surface area contributed by atoms with Gasteiger partial charge in [-0.3, -0.25) is 4.79 Å². The Kier molecular flexibility index (Phi) is 9.39. The number of aryl methyl sites for hydroxylation is 2. The Hall–Kier alpha value is -4.82. The lowest BCUT2D eigenvalue weighted by molar-refractivity contribution is -0.115. The van der Waals surface area contributed by atoms with Gasteiger partial charge in [0.2, 0.25) is 5.91 Å². The minimum absolute atomic E-state index is 0.0180. The zero-order chi connectivity index (χ0) is 26.0. The van der Waals surface area contributed by atoms with Crippen molar-refractivity contribution in [3.05, 3.63) is 77.5 Å². The van der Waals surface area contributed by atoms with Crippen molar-refractivity contribution in [3.8, 4) is 29.0 Å². The Morgan fingerprint density at radius 1 is 1.11 bits per heavy atom. The molecule has 3 rings (SSSR count). The molecule has 0 unspecified atom stereocenters. The van der Waals surface area contributed by atoms with E-state index in [1.54, 1.807) is 44.2 Å². The summed E-state index contributed by atoms with van der Waals surface area (Å²) in [6.07, 6.45) is 2.12. The molecule has 0 aliphatic carbocycles. The molecule has 178 valence electrons. The number of amides is 1. The van der Waals surface area contributed by atoms with Gasteiger partial charge < -0.3 is 21.5 Å². The third-order valence-corrected chi connectivity index (χ3v) is 4.94. The first-order chi connectivity index (χ1) is 16.7. The Morgan fingerprint density at radius 2 is 1.77 bits per heavy atom. The summed E-state index contributed by atoms with van der Waals surface area (Å²) < 4.78 is 5.42. The molecule has 1 aromatic heterocycles. The van der Waals surface area contributed by atoms with Crippen LogP contribution in [0.1, 0.15) is 35.7 Å². The number of anilines is 3. The smallest absolute Gasteiger partial charge is 0.224 e. The van der Waals surface area contributed by atoms with Crippen molar-refractivity contribution in [2.45, 2.75) is 27.2 Å². The molecule has 0 aliphatic heterocycles. The lowest BCUT2D eigenvalue weighted by Gasteiger charge is -2.11. The van der Waals surface area contributed by atoms with Crippen molar-refractivity contribution >= 4 is 23.1 Å². The average molecular weight is 469 g/mol. The number of nitrogens with two attached hydrogens (primary N) is 2. The second-order valence-corrected chi connectivity index (χ2v) is 7.55. The molecule has 2 aromatic carbocycles. The van der Waals surface area contributed by atoms with Crippen LogP contribution < -0.4 is 21.5 Å². The third kappa shape index (κ3) is 6.83. The topological polar surface area (TPSA) is 151 Å². The van der Waals surface area contributed by atoms with Crippen LogP contribution in [0.3, 0.4) is 0 Å². The Bertz CT molecular complexity index is 1260. The summed E-state index contributed by atoms with van der Waals surface area (Å²) in [5.74, 6) is 0.788. The van der Waals surface area contributed by atoms with E-state index < -0.39 is 0 Å². The normalized spacial score (nSPS) is 9.63. The number of pyridine rings is 1. The molecule has 1 amide bonds. The van der Waals surface area contributed by atoms with Crippen LogP contribution >= 0.6 is 0 Å². The molecule has 0 aliphatic rings. The monoisotopic (exact) mass is 468 g/mol. The fraction of sp³-hybridized carbons (Fsp3) is 0.185. The summed E-state index contributed by atoms with van der Waals surface area (Å²) in [7, 11) is 0. The largest absolute Gasteiger partial charge is 0.490 e. The van der Waals surface area contributed by atoms with Crippen LogP contribution in [-0.2, 0) is 4.79 Å². The number of hydrogen-bond donors (Lipinski definition) is 3. The molecule has 5 N–H and O–H groups in total. The number of ether oxygens (including phenoxy) is 1. The van der Waals surface area contributed by atoms with Crippen LogP contribution in [0, 0.1) is 36.5 Å². The summed E-state index contributed by atoms with van der Waals surface area (Å²) in [6.45, 7) is 9.46. The van der Waals surface area contributed by atoms with Gasteiger partial charge in [0.15, 0.2) is 0 Å². The highest BCUT2D eigenvalue weighted by molar-refractivity contribution is 5.93. The van der Waals surface area contributed by atoms with Gasteiger partial charge in [-0.15, -0.1) is 0 Å². The molecule has 8 heteroatoms. The zero-order valence-corrected chi connectivity index (χ0v) is 20.1. The van der Waals surface area contributed by atoms with Gasteiger partial charge in [-0.05, 0) is 49.2 Å². The Labute approximate surface area is 205 Å². The van der Waals surface area contributed by atoms with Gasteiger partial charge in [0.25, 0.3) is 0 Å². The highest BCUT2D eigenvalue weighted by atomic mass is 16.5. The van der Waals surface area contributed by atoms with Crippen LogP contribution in [0.25, 0.3) is 11.1 Å². The lowest BCUT2D eigenvalue weighted by atomic mass is 9.95. The van der Waals surface area contributed by atoms with Gasteiger partial charge in [-0.25, -0.2) is 4.98 Å². The SMILES string of the molecule is C=CCOc1ccc(-c2c(C#N)c(C)nc(N)c2C#N)cc1.CCC(=O)Nc1ccc(C)cc1N. The van der Waals surface area contributed by atoms with E-state index in [1.165, 1.54) is 0 Å². The van der Waals surface area contributed by atoms with Crippen molar-refractivity contribution in [3.63, 3.8) is 0 Å². The van der Waals surface area contributed by atoms with Crippen molar-refractivity contribution in [1.29, 1.82) is 10.5 Å². The number of rotatable bonds is 6. The first-order valence-corrected chi connectivity index (χ1v) is 10.9. The quantitative estimate of drug-likeness (QED) is 0.345. The molecule has 0 atom stereocenters. The number of nitriles is 2. The number of hydrogen-bond acceptors (Lipinski definition) is 7. The van der Waals surface area contributed by atoms with Crippen molar-refractivity contribution in [1.82, 2.24) is 4.98 Å². The maximum atomic E-state index is 11.1. The summed E-state index contributed by atoms with van der Waals surface area (Å²) in [5.41, 5.74) is 16.2. The summed E-state index contributed by atoms with van der Waals surface area (Å²) in [5, 5.41) is 21.4. The van der Waals surface area contributed by atoms with E-state index in [0.29, 0.717) is 47.0 Å². The highest BCUT2D eigenvalue weighted by Gasteiger charge is 2.18. The molecular weight excluding hydrogens is 440 g/mol. The maximum Gasteiger partial charge on any atom is 0.224 e. The van der Waals surface area contributed by atoms with E-state index in [-0.39, 0.29) is 17.3 Å². The molecule has 0 bridgehead atoms. The summed E-state index contributed by atoms with van der Waals surface area (Å²) in [4.78, 5) is 15.1. The number of aromatic nitrogens is 1. The van der Waals surface area contributed by atoms with Crippen LogP contribution in [0.2, 0.25) is 0 Å². The predicted molar refractivity (Wildman–Crippen MR) is 138 cm³/mol. The van der Waals surface area contributed by atoms with Crippen LogP contribution in [0.4, 0.5) is 17.2 Å². The zero-order valence-electron chi connectivity index (χ0n) is 20.1. The van der Waals surface area contributed by atoms with E-state index in [2.05, 4.69) is 22.9 Å². The Balaban J connectivity index is 0.000000283. The lowest BCUT2D eigenvalue weighted by Crippen LogP contribution is -2.11. The molecular formula is C27H28N6O2. The number of nitrogens with zero attached hydrogens (tertiary/aromatic N) is 3. The number of nitrogen functional groups attached to an aromatic ring is 2. The standard InChI is InChI=1S/C17H14N4O.C10H14N2O/c1-3-8-22-13-6-4-12(5-7-13)16-14(9-18)11(2)21-17(20)15(16)10-19;1-3-10(13)12-9-5-4-7(2)6-8(9)11/h3-7H,1,8H2,2H3,(H2,20,21);4-6H,3,11H2,1-2H3,(H,12,13). The number of carbonyl (C=O) groups excluding carboxylic acids is 1. The summed E-state index contributed by atoms with van der Waals surface area (Å²) in [6, 6.07) is 16.8. The van der Waals surface area contributed by atoms with Gasteiger partial charge in [0.05, 0.1) is 22.6 Å². The maximum absolute atomic E-state index is 11.1. The van der Waals surface area contributed by atoms with Crippen molar-refractivity contribution in [2.75, 3.05) is 23.4 Å². The van der Waals surface area contributed by atoms with Crippen molar-refractivity contribution < 1.29 is 9.53 Å². The minimum atomic E-state index is -0.0180. The van der Waals surface area contributed by atoms with E-state index >= 15 is 0 Å². The van der Waals surface area contributed by atoms with Crippen LogP contribution in [0.5, 0.6) is 5.75 Å². The van der Waals surface area contributed by atoms with Crippen molar-refractivity contribution in [2.24, 2.45) is 0 Å². The fourth-order valence-electron chi connectivity index (χ4n) is 3.17. The molecule has 1 heterocycles. The van der Waals surface area contributed by atoms with Crippen LogP contribution in [-0.4, -0.2) is 17.5 Å². The average Bonchev–Trinajstić information content (AvgIpc) is 2.84. The highest BCUT2D eigenvalue weighted by Crippen LogP contribution is 2.32. The molecule has 35 heavy (non-hydrogen) atoms. The first kappa shape index (κ1) is 26.4. The van der Waals surface area contributed by atoms with Gasteiger partial charge in [-0.2, -0.15) is 10.5 Å². The number of nitrogens with one attached hydrogen (secondary N) is 1. The molecule has 0 saturated heterocycles. The molecule has 3 aromatic rings. The fourth-order valence-corrected chi connectivity index (χ4v) is 3.17. The van der Waals surface area contributed by atoms with Gasteiger partial charge in [0, 0.05) is 12.0 Å². The van der Waals surface area contributed by atoms with E-state index in [9.17, 15) is 15.3 Å². The number of carbonyl (C=O) groups is 1. The van der Waals surface area contributed by atoms with E-state index in [0.717, 1.165) is 11.1 Å². The molecule has 8 nitrogen and oxygen atoms in total. The van der Waals surface area contributed by atoms with Gasteiger partial charge in [0.1, 0.15) is 35.9 Å². The predicted octanol–water partition coefficient (Wildman–Crippen LogP) is 4.87. The van der Waals surface area contributed by atoms with E-state index in [1.807, 2.05) is 31.2 Å². The number of benzene rings is 2. The van der Waals surface area contributed by atoms with Crippen LogP contribution in [0.15, 0.2) is 55.1 Å². The molecule has 0 radical (unpaired) electrons. The first-order valence-electron chi connectivity index (χ1n) is 10.9. The summed E-state index contributed by atoms with van der Waals surface area (Å²) >= 11 is 0. The van der Waals surface area contributed by atoms with E-state index in [4.69, 9.17) is 16.2 Å². The molecule has 0 fully saturated rings. The Morgan fingerprint density at radius 3 is 2.31 bits per heavy atom. The second-order valence-electron chi connectivity index (χ2n) is 7.55. The third-order valence-electron chi connectivity index (χ3n) is 4.94. The second kappa shape index (κ2) is 12.4. The minimum Gasteiger partial charge on any atom is -0.490 e. The van der Waals surface area contributed by atoms with Gasteiger partial charge in [-0.1, -0.05) is 37.8 Å². The molecule has 0 saturated carbocycles. The molecule has 0 spiro atoms. The van der Waals surface area contributed by atoms with Gasteiger partial charge >= 0.3 is 0 Å².